The highest BCUT2D eigenvalue weighted by molar-refractivity contribution is 5.94. The Kier molecular flexibility index (Phi) is 3.19. The summed E-state index contributed by atoms with van der Waals surface area (Å²) < 4.78 is 5.43. The average Bonchev–Trinajstić information content (AvgIpc) is 2.83. The Bertz CT molecular complexity index is 464. The molecule has 1 spiro atoms. The van der Waals surface area contributed by atoms with Crippen LogP contribution in [0.5, 0.6) is 0 Å². The van der Waals surface area contributed by atoms with Crippen molar-refractivity contribution in [2.45, 2.75) is 19.3 Å². The molecule has 2 heterocycles. The smallest absolute Gasteiger partial charge is 0.253 e. The number of hydrogen-bond donors (Lipinski definition) is 1. The van der Waals surface area contributed by atoms with Gasteiger partial charge >= 0.3 is 0 Å². The van der Waals surface area contributed by atoms with Gasteiger partial charge in [-0.15, -0.1) is 0 Å². The van der Waals surface area contributed by atoms with Gasteiger partial charge in [0.1, 0.15) is 0 Å². The van der Waals surface area contributed by atoms with Gasteiger partial charge in [0.2, 0.25) is 0 Å². The maximum atomic E-state index is 12.4. The Morgan fingerprint density at radius 1 is 1.16 bits per heavy atom. The van der Waals surface area contributed by atoms with Gasteiger partial charge in [0.05, 0.1) is 0 Å². The van der Waals surface area contributed by atoms with Gasteiger partial charge in [0.25, 0.3) is 5.91 Å². The molecule has 0 unspecified atom stereocenters. The minimum atomic E-state index is 0.128. The van der Waals surface area contributed by atoms with Crippen LogP contribution in [-0.2, 0) is 4.74 Å². The summed E-state index contributed by atoms with van der Waals surface area (Å²) in [4.78, 5) is 14.4. The maximum absolute atomic E-state index is 12.4. The average molecular weight is 260 g/mol. The molecule has 2 saturated heterocycles. The summed E-state index contributed by atoms with van der Waals surface area (Å²) in [7, 11) is 0. The largest absolute Gasteiger partial charge is 0.399 e. The first-order valence-electron chi connectivity index (χ1n) is 6.91. The summed E-state index contributed by atoms with van der Waals surface area (Å²) in [5.41, 5.74) is 7.39. The normalized spacial score (nSPS) is 21.8. The van der Waals surface area contributed by atoms with Crippen molar-refractivity contribution in [3.8, 4) is 0 Å². The van der Waals surface area contributed by atoms with E-state index in [0.717, 1.165) is 51.1 Å². The van der Waals surface area contributed by atoms with Crippen molar-refractivity contribution in [2.24, 2.45) is 5.41 Å². The minimum absolute atomic E-state index is 0.128. The number of nitrogen functional groups attached to an aromatic ring is 1. The first-order valence-corrected chi connectivity index (χ1v) is 6.91. The van der Waals surface area contributed by atoms with Crippen molar-refractivity contribution < 1.29 is 9.53 Å². The van der Waals surface area contributed by atoms with E-state index < -0.39 is 0 Å². The molecule has 0 atom stereocenters. The van der Waals surface area contributed by atoms with Crippen molar-refractivity contribution in [3.63, 3.8) is 0 Å². The molecule has 1 aromatic rings. The van der Waals surface area contributed by atoms with E-state index in [9.17, 15) is 4.79 Å². The summed E-state index contributed by atoms with van der Waals surface area (Å²) in [6.07, 6.45) is 3.27. The summed E-state index contributed by atoms with van der Waals surface area (Å²) in [6, 6.07) is 7.19. The predicted molar refractivity (Wildman–Crippen MR) is 73.9 cm³/mol. The van der Waals surface area contributed by atoms with E-state index >= 15 is 0 Å². The molecular weight excluding hydrogens is 240 g/mol. The summed E-state index contributed by atoms with van der Waals surface area (Å²) in [5, 5.41) is 0. The first-order chi connectivity index (χ1) is 9.19. The molecular formula is C15H20N2O2. The van der Waals surface area contributed by atoms with Gasteiger partial charge in [-0.3, -0.25) is 4.79 Å². The van der Waals surface area contributed by atoms with Crippen LogP contribution in [0.1, 0.15) is 29.6 Å². The molecule has 1 amide bonds. The van der Waals surface area contributed by atoms with Crippen molar-refractivity contribution in [1.82, 2.24) is 4.90 Å². The zero-order chi connectivity index (χ0) is 13.3. The molecule has 2 aliphatic heterocycles. The SMILES string of the molecule is Nc1ccc(C(=O)N2CCC3(CCOCC3)C2)cc1. The number of hydrogen-bond acceptors (Lipinski definition) is 3. The van der Waals surface area contributed by atoms with E-state index in [1.807, 2.05) is 17.0 Å². The van der Waals surface area contributed by atoms with Gasteiger partial charge in [0, 0.05) is 37.6 Å². The molecule has 0 bridgehead atoms. The van der Waals surface area contributed by atoms with Gasteiger partial charge in [-0.05, 0) is 48.9 Å². The number of ether oxygens (including phenoxy) is 1. The van der Waals surface area contributed by atoms with Crippen LogP contribution in [-0.4, -0.2) is 37.1 Å². The van der Waals surface area contributed by atoms with Gasteiger partial charge in [-0.2, -0.15) is 0 Å². The highest BCUT2D eigenvalue weighted by Gasteiger charge is 2.40. The standard InChI is InChI=1S/C15H20N2O2/c16-13-3-1-12(2-4-13)14(18)17-8-5-15(11-17)6-9-19-10-7-15/h1-4H,5-11,16H2. The van der Waals surface area contributed by atoms with Crippen LogP contribution >= 0.6 is 0 Å². The lowest BCUT2D eigenvalue weighted by molar-refractivity contribution is 0.0191. The third-order valence-electron chi connectivity index (χ3n) is 4.44. The summed E-state index contributed by atoms with van der Waals surface area (Å²) >= 11 is 0. The number of likely N-dealkylation sites (tertiary alicyclic amines) is 1. The lowest BCUT2D eigenvalue weighted by atomic mass is 9.80. The molecule has 4 nitrogen and oxygen atoms in total. The van der Waals surface area contributed by atoms with Crippen LogP contribution in [0.25, 0.3) is 0 Å². The third kappa shape index (κ3) is 2.45. The van der Waals surface area contributed by atoms with E-state index in [1.165, 1.54) is 0 Å². The predicted octanol–water partition coefficient (Wildman–Crippen LogP) is 1.91. The fourth-order valence-corrected chi connectivity index (χ4v) is 3.13. The van der Waals surface area contributed by atoms with Gasteiger partial charge < -0.3 is 15.4 Å². The van der Waals surface area contributed by atoms with Crippen LogP contribution in [0, 0.1) is 5.41 Å². The topological polar surface area (TPSA) is 55.6 Å². The Morgan fingerprint density at radius 2 is 1.84 bits per heavy atom. The fourth-order valence-electron chi connectivity index (χ4n) is 3.13. The molecule has 0 saturated carbocycles. The van der Waals surface area contributed by atoms with Crippen LogP contribution in [0.3, 0.4) is 0 Å². The second kappa shape index (κ2) is 4.85. The van der Waals surface area contributed by atoms with Crippen LogP contribution < -0.4 is 5.73 Å². The number of benzene rings is 1. The minimum Gasteiger partial charge on any atom is -0.399 e. The number of amides is 1. The van der Waals surface area contributed by atoms with E-state index in [2.05, 4.69) is 0 Å². The molecule has 102 valence electrons. The number of nitrogens with zero attached hydrogens (tertiary/aromatic N) is 1. The Labute approximate surface area is 113 Å². The Balaban J connectivity index is 1.70. The second-order valence-corrected chi connectivity index (χ2v) is 5.71. The van der Waals surface area contributed by atoms with E-state index in [-0.39, 0.29) is 5.91 Å². The van der Waals surface area contributed by atoms with Crippen LogP contribution in [0.4, 0.5) is 5.69 Å². The number of carbonyl (C=O) groups is 1. The second-order valence-electron chi connectivity index (χ2n) is 5.71. The Morgan fingerprint density at radius 3 is 2.53 bits per heavy atom. The Hall–Kier alpha value is -1.55. The zero-order valence-corrected chi connectivity index (χ0v) is 11.1. The van der Waals surface area contributed by atoms with Crippen molar-refractivity contribution in [1.29, 1.82) is 0 Å². The van der Waals surface area contributed by atoms with Crippen LogP contribution in [0.2, 0.25) is 0 Å². The molecule has 19 heavy (non-hydrogen) atoms. The van der Waals surface area contributed by atoms with Gasteiger partial charge in [-0.25, -0.2) is 0 Å². The van der Waals surface area contributed by atoms with Crippen molar-refractivity contribution in [3.05, 3.63) is 29.8 Å². The number of nitrogens with two attached hydrogens (primary N) is 1. The lowest BCUT2D eigenvalue weighted by Crippen LogP contribution is -2.35. The van der Waals surface area contributed by atoms with Gasteiger partial charge in [0.15, 0.2) is 0 Å². The lowest BCUT2D eigenvalue weighted by Gasteiger charge is -2.33. The number of carbonyl (C=O) groups excluding carboxylic acids is 1. The first kappa shape index (κ1) is 12.5. The van der Waals surface area contributed by atoms with E-state index in [4.69, 9.17) is 10.5 Å². The van der Waals surface area contributed by atoms with E-state index in [1.54, 1.807) is 12.1 Å². The number of anilines is 1. The fraction of sp³-hybridized carbons (Fsp3) is 0.533. The molecule has 0 aliphatic carbocycles. The zero-order valence-electron chi connectivity index (χ0n) is 11.1. The van der Waals surface area contributed by atoms with Crippen LogP contribution in [0.15, 0.2) is 24.3 Å². The maximum Gasteiger partial charge on any atom is 0.253 e. The molecule has 3 rings (SSSR count). The molecule has 2 N–H and O–H groups in total. The molecule has 1 aromatic carbocycles. The number of rotatable bonds is 1. The van der Waals surface area contributed by atoms with Gasteiger partial charge in [-0.1, -0.05) is 0 Å². The van der Waals surface area contributed by atoms with Crippen molar-refractivity contribution >= 4 is 11.6 Å². The molecule has 0 aromatic heterocycles. The molecule has 0 radical (unpaired) electrons. The molecule has 4 heteroatoms. The van der Waals surface area contributed by atoms with Crippen molar-refractivity contribution in [2.75, 3.05) is 32.0 Å². The quantitative estimate of drug-likeness (QED) is 0.785. The monoisotopic (exact) mass is 260 g/mol. The summed E-state index contributed by atoms with van der Waals surface area (Å²) in [6.45, 7) is 3.41. The molecule has 2 aliphatic rings. The molecule has 2 fully saturated rings. The third-order valence-corrected chi connectivity index (χ3v) is 4.44. The highest BCUT2D eigenvalue weighted by atomic mass is 16.5. The summed E-state index contributed by atoms with van der Waals surface area (Å²) in [5.74, 6) is 0.128. The highest BCUT2D eigenvalue weighted by Crippen LogP contribution is 2.40. The van der Waals surface area contributed by atoms with E-state index in [0.29, 0.717) is 11.1 Å².